The number of fused-ring (bicyclic) bond motifs is 1. The predicted octanol–water partition coefficient (Wildman–Crippen LogP) is 5.28. The summed E-state index contributed by atoms with van der Waals surface area (Å²) in [5, 5.41) is 20.2. The van der Waals surface area contributed by atoms with Gasteiger partial charge in [0.1, 0.15) is 11.9 Å². The van der Waals surface area contributed by atoms with E-state index in [4.69, 9.17) is 17.9 Å². The van der Waals surface area contributed by atoms with E-state index in [0.717, 1.165) is 35.2 Å². The lowest BCUT2D eigenvalue weighted by Crippen LogP contribution is -2.39. The molecule has 33 heavy (non-hydrogen) atoms. The molecule has 2 aromatic carbocycles. The number of hydrogen-bond donors (Lipinski definition) is 3. The van der Waals surface area contributed by atoms with Gasteiger partial charge in [-0.15, -0.1) is 0 Å². The fourth-order valence-electron chi connectivity index (χ4n) is 3.79. The number of para-hydroxylation sites is 1. The predicted molar refractivity (Wildman–Crippen MR) is 126 cm³/mol. The van der Waals surface area contributed by atoms with Crippen LogP contribution in [0.4, 0.5) is 10.5 Å². The number of aliphatic hydroxyl groups is 1. The van der Waals surface area contributed by atoms with Crippen molar-refractivity contribution < 1.29 is 28.2 Å². The fraction of sp³-hybridized carbons (Fsp3) is 0.458. The number of amides is 1. The lowest BCUT2D eigenvalue weighted by atomic mass is 9.82. The van der Waals surface area contributed by atoms with E-state index >= 15 is 0 Å². The molecule has 0 radical (unpaired) electrons. The van der Waals surface area contributed by atoms with Crippen LogP contribution in [0.3, 0.4) is 0 Å². The van der Waals surface area contributed by atoms with Gasteiger partial charge < -0.3 is 14.9 Å². The number of aliphatic hydroxyl groups excluding tert-OH is 1. The highest BCUT2D eigenvalue weighted by Crippen LogP contribution is 2.37. The van der Waals surface area contributed by atoms with Crippen molar-refractivity contribution in [1.29, 1.82) is 4.78 Å². The van der Waals surface area contributed by atoms with E-state index in [0.29, 0.717) is 13.0 Å². The van der Waals surface area contributed by atoms with Crippen LogP contribution >= 0.6 is 0 Å². The van der Waals surface area contributed by atoms with Crippen LogP contribution in [0, 0.1) is 17.1 Å². The number of nitrogens with zero attached hydrogens (tertiary/aromatic N) is 1. The van der Waals surface area contributed by atoms with Gasteiger partial charge in [0.15, 0.2) is 0 Å². The second kappa shape index (κ2) is 11.3. The summed E-state index contributed by atoms with van der Waals surface area (Å²) in [7, 11) is -2.61. The molecular weight excluding hydrogens is 444 g/mol. The number of phenolic OH excluding ortho intramolecular Hbond substituents is 1. The molecule has 0 aliphatic carbocycles. The Bertz CT molecular complexity index is 1080. The Balaban J connectivity index is 0.000000890. The number of nitrogens with one attached hydrogen (secondary N) is 1. The van der Waals surface area contributed by atoms with Crippen molar-refractivity contribution in [3.63, 3.8) is 0 Å². The zero-order valence-electron chi connectivity index (χ0n) is 19.4. The summed E-state index contributed by atoms with van der Waals surface area (Å²) in [5.74, 6) is 0.240. The van der Waals surface area contributed by atoms with Gasteiger partial charge in [-0.1, -0.05) is 38.1 Å². The Kier molecular flexibility index (Phi) is 9.01. The molecule has 3 N–H and O–H groups in total. The SMILES string of the molecule is Cc1cc(C(O)CCC(C)(C)CCN2C(=O)OC(C)c3ccccc32)ccc1O.N=S(=O)=O. The summed E-state index contributed by atoms with van der Waals surface area (Å²) >= 11 is 0. The third-order valence-electron chi connectivity index (χ3n) is 5.88. The lowest BCUT2D eigenvalue weighted by molar-refractivity contribution is 0.106. The molecule has 2 aromatic rings. The molecule has 0 aromatic heterocycles. The minimum atomic E-state index is -2.61. The number of aryl methyl sites for hydroxylation is 1. The van der Waals surface area contributed by atoms with Crippen LogP contribution in [0.15, 0.2) is 42.5 Å². The minimum absolute atomic E-state index is 0.0504. The molecule has 2 atom stereocenters. The normalized spacial score (nSPS) is 16.2. The van der Waals surface area contributed by atoms with E-state index in [9.17, 15) is 15.0 Å². The molecule has 1 aliphatic heterocycles. The molecule has 0 fully saturated rings. The molecule has 0 spiro atoms. The maximum absolute atomic E-state index is 12.4. The highest BCUT2D eigenvalue weighted by Gasteiger charge is 2.31. The smallest absolute Gasteiger partial charge is 0.414 e. The topological polar surface area (TPSA) is 128 Å². The number of rotatable bonds is 7. The number of benzene rings is 2. The number of phenols is 1. The van der Waals surface area contributed by atoms with Crippen LogP contribution < -0.4 is 4.90 Å². The zero-order chi connectivity index (χ0) is 24.8. The van der Waals surface area contributed by atoms with Gasteiger partial charge in [-0.05, 0) is 67.9 Å². The third kappa shape index (κ3) is 7.57. The molecule has 3 rings (SSSR count). The van der Waals surface area contributed by atoms with Gasteiger partial charge in [0.2, 0.25) is 0 Å². The highest BCUT2D eigenvalue weighted by atomic mass is 32.2. The van der Waals surface area contributed by atoms with Gasteiger partial charge >= 0.3 is 16.6 Å². The number of aromatic hydroxyl groups is 1. The largest absolute Gasteiger partial charge is 0.508 e. The number of cyclic esters (lactones) is 1. The number of carbonyl (C=O) groups excluding carboxylic acids is 1. The van der Waals surface area contributed by atoms with Gasteiger partial charge in [-0.2, -0.15) is 13.2 Å². The molecular formula is C24H32N2O6S. The number of hydrogen-bond acceptors (Lipinski definition) is 7. The van der Waals surface area contributed by atoms with E-state index in [1.54, 1.807) is 17.0 Å². The second-order valence-electron chi connectivity index (χ2n) is 8.99. The summed E-state index contributed by atoms with van der Waals surface area (Å²) in [6.45, 7) is 8.61. The van der Waals surface area contributed by atoms with Crippen molar-refractivity contribution >= 4 is 22.3 Å². The van der Waals surface area contributed by atoms with E-state index in [1.807, 2.05) is 44.2 Å². The average molecular weight is 477 g/mol. The molecule has 0 saturated carbocycles. The van der Waals surface area contributed by atoms with Crippen LogP contribution in [0.5, 0.6) is 5.75 Å². The van der Waals surface area contributed by atoms with Crippen molar-refractivity contribution in [3.05, 3.63) is 59.2 Å². The van der Waals surface area contributed by atoms with Crippen molar-refractivity contribution in [2.45, 2.75) is 59.2 Å². The van der Waals surface area contributed by atoms with Crippen LogP contribution in [0.2, 0.25) is 0 Å². The molecule has 2 unspecified atom stereocenters. The first-order chi connectivity index (χ1) is 15.4. The Labute approximate surface area is 196 Å². The number of ether oxygens (including phenoxy) is 1. The molecule has 180 valence electrons. The molecule has 1 aliphatic rings. The van der Waals surface area contributed by atoms with Crippen molar-refractivity contribution in [2.24, 2.45) is 5.41 Å². The standard InChI is InChI=1S/C24H31NO4.HNO2S/c1-16-15-18(9-10-21(16)26)22(27)11-12-24(3,4)13-14-25-20-8-6-5-7-19(20)17(2)29-23(25)28;1-4(2)3/h5-10,15,17,22,26-27H,11-14H2,1-4H3;1H. The molecule has 9 heteroatoms. The summed E-state index contributed by atoms with van der Waals surface area (Å²) in [4.78, 5) is 14.2. The summed E-state index contributed by atoms with van der Waals surface area (Å²) in [6.07, 6.45) is 1.13. The molecule has 1 heterocycles. The summed E-state index contributed by atoms with van der Waals surface area (Å²) in [5.41, 5.74) is 3.48. The average Bonchev–Trinajstić information content (AvgIpc) is 2.73. The monoisotopic (exact) mass is 476 g/mol. The lowest BCUT2D eigenvalue weighted by Gasteiger charge is -2.35. The Morgan fingerprint density at radius 2 is 1.82 bits per heavy atom. The van der Waals surface area contributed by atoms with E-state index < -0.39 is 16.6 Å². The van der Waals surface area contributed by atoms with Crippen LogP contribution in [-0.2, 0) is 15.2 Å². The first-order valence-electron chi connectivity index (χ1n) is 10.8. The Morgan fingerprint density at radius 1 is 1.18 bits per heavy atom. The number of anilines is 1. The highest BCUT2D eigenvalue weighted by molar-refractivity contribution is 7.60. The van der Waals surface area contributed by atoms with Crippen molar-refractivity contribution in [3.8, 4) is 5.75 Å². The Hall–Kier alpha value is -2.91. The quantitative estimate of drug-likeness (QED) is 0.499. The molecule has 8 nitrogen and oxygen atoms in total. The van der Waals surface area contributed by atoms with Gasteiger partial charge in [0.25, 0.3) is 0 Å². The Morgan fingerprint density at radius 3 is 2.45 bits per heavy atom. The van der Waals surface area contributed by atoms with Gasteiger partial charge in [0, 0.05) is 12.1 Å². The van der Waals surface area contributed by atoms with Crippen molar-refractivity contribution in [1.82, 2.24) is 0 Å². The fourth-order valence-corrected chi connectivity index (χ4v) is 3.79. The molecule has 1 amide bonds. The summed E-state index contributed by atoms with van der Waals surface area (Å²) < 4.78 is 28.3. The second-order valence-corrected chi connectivity index (χ2v) is 9.46. The van der Waals surface area contributed by atoms with Gasteiger partial charge in [-0.3, -0.25) is 4.90 Å². The van der Waals surface area contributed by atoms with E-state index in [-0.39, 0.29) is 23.4 Å². The minimum Gasteiger partial charge on any atom is -0.508 e. The first-order valence-corrected chi connectivity index (χ1v) is 11.8. The van der Waals surface area contributed by atoms with E-state index in [1.165, 1.54) is 0 Å². The van der Waals surface area contributed by atoms with Crippen LogP contribution in [0.25, 0.3) is 0 Å². The zero-order valence-corrected chi connectivity index (χ0v) is 20.2. The van der Waals surface area contributed by atoms with E-state index in [2.05, 4.69) is 13.8 Å². The molecule has 0 saturated heterocycles. The maximum atomic E-state index is 12.4. The van der Waals surface area contributed by atoms with Crippen LogP contribution in [0.1, 0.15) is 68.9 Å². The van der Waals surface area contributed by atoms with Gasteiger partial charge in [-0.25, -0.2) is 4.79 Å². The summed E-state index contributed by atoms with van der Waals surface area (Å²) in [6, 6.07) is 13.1. The molecule has 0 bridgehead atoms. The first kappa shape index (κ1) is 26.3. The number of carbonyl (C=O) groups is 1. The van der Waals surface area contributed by atoms with Crippen molar-refractivity contribution in [2.75, 3.05) is 11.4 Å². The maximum Gasteiger partial charge on any atom is 0.414 e. The third-order valence-corrected chi connectivity index (χ3v) is 5.88. The van der Waals surface area contributed by atoms with Crippen LogP contribution in [-0.4, -0.2) is 31.3 Å². The van der Waals surface area contributed by atoms with Gasteiger partial charge in [0.05, 0.1) is 11.8 Å².